The molecule has 0 radical (unpaired) electrons. The molecule has 5 heteroatoms. The number of hydrogen-bond acceptors (Lipinski definition) is 3. The third-order valence-corrected chi connectivity index (χ3v) is 3.13. The average Bonchev–Trinajstić information content (AvgIpc) is 2.85. The zero-order chi connectivity index (χ0) is 15.2. The Morgan fingerprint density at radius 1 is 1.24 bits per heavy atom. The van der Waals surface area contributed by atoms with Crippen LogP contribution in [0.5, 0.6) is 5.75 Å². The minimum absolute atomic E-state index is 0.250. The van der Waals surface area contributed by atoms with E-state index in [1.807, 2.05) is 12.1 Å². The topological polar surface area (TPSA) is 34.4 Å². The van der Waals surface area contributed by atoms with Crippen LogP contribution in [0, 0.1) is 11.7 Å². The van der Waals surface area contributed by atoms with Gasteiger partial charge in [0.15, 0.2) is 0 Å². The van der Waals surface area contributed by atoms with Gasteiger partial charge < -0.3 is 14.5 Å². The predicted octanol–water partition coefficient (Wildman–Crippen LogP) is 4.40. The summed E-state index contributed by atoms with van der Waals surface area (Å²) in [6.45, 7) is 6.20. The van der Waals surface area contributed by atoms with Crippen molar-refractivity contribution in [2.45, 2.75) is 27.0 Å². The molecule has 0 saturated carbocycles. The second kappa shape index (κ2) is 7.48. The van der Waals surface area contributed by atoms with Crippen LogP contribution in [0.3, 0.4) is 0 Å². The molecular formula is C16H19ClFNO2. The highest BCUT2D eigenvalue weighted by Crippen LogP contribution is 2.25. The standard InChI is InChI=1S/C16H19ClFNO2/c1-11(2)8-19-9-13-4-5-14(21-13)10-20-16-6-3-12(18)7-15(16)17/h3-7,11,19H,8-10H2,1-2H3. The molecule has 0 spiro atoms. The van der Waals surface area contributed by atoms with Crippen LogP contribution < -0.4 is 10.1 Å². The van der Waals surface area contributed by atoms with Gasteiger partial charge >= 0.3 is 0 Å². The van der Waals surface area contributed by atoms with Gasteiger partial charge in [0.1, 0.15) is 29.7 Å². The largest absolute Gasteiger partial charge is 0.484 e. The third kappa shape index (κ3) is 5.06. The second-order valence-corrected chi connectivity index (χ2v) is 5.66. The molecule has 1 aromatic carbocycles. The van der Waals surface area contributed by atoms with Gasteiger partial charge in [0.25, 0.3) is 0 Å². The van der Waals surface area contributed by atoms with Crippen molar-refractivity contribution < 1.29 is 13.5 Å². The van der Waals surface area contributed by atoms with E-state index in [1.54, 1.807) is 0 Å². The van der Waals surface area contributed by atoms with Gasteiger partial charge in [-0.2, -0.15) is 0 Å². The van der Waals surface area contributed by atoms with E-state index in [4.69, 9.17) is 20.8 Å². The summed E-state index contributed by atoms with van der Waals surface area (Å²) in [5.41, 5.74) is 0. The molecule has 2 rings (SSSR count). The fraction of sp³-hybridized carbons (Fsp3) is 0.375. The Labute approximate surface area is 129 Å². The number of benzene rings is 1. The molecule has 0 saturated heterocycles. The molecule has 0 fully saturated rings. The molecule has 0 unspecified atom stereocenters. The Morgan fingerprint density at radius 3 is 2.71 bits per heavy atom. The van der Waals surface area contributed by atoms with Gasteiger partial charge in [0, 0.05) is 0 Å². The average molecular weight is 312 g/mol. The van der Waals surface area contributed by atoms with Gasteiger partial charge in [0.2, 0.25) is 0 Å². The van der Waals surface area contributed by atoms with E-state index >= 15 is 0 Å². The summed E-state index contributed by atoms with van der Waals surface area (Å²) in [6, 6.07) is 7.82. The van der Waals surface area contributed by atoms with Gasteiger partial charge in [-0.1, -0.05) is 25.4 Å². The van der Waals surface area contributed by atoms with E-state index in [0.717, 1.165) is 12.3 Å². The van der Waals surface area contributed by atoms with Crippen molar-refractivity contribution in [3.63, 3.8) is 0 Å². The monoisotopic (exact) mass is 311 g/mol. The normalized spacial score (nSPS) is 11.1. The maximum atomic E-state index is 12.9. The lowest BCUT2D eigenvalue weighted by atomic mass is 10.2. The molecule has 21 heavy (non-hydrogen) atoms. The Balaban J connectivity index is 1.85. The molecule has 0 bridgehead atoms. The summed E-state index contributed by atoms with van der Waals surface area (Å²) in [5, 5.41) is 3.56. The molecule has 114 valence electrons. The Morgan fingerprint density at radius 2 is 2.00 bits per heavy atom. The number of ether oxygens (including phenoxy) is 1. The van der Waals surface area contributed by atoms with Crippen LogP contribution in [0.25, 0.3) is 0 Å². The van der Waals surface area contributed by atoms with E-state index in [9.17, 15) is 4.39 Å². The number of halogens is 2. The van der Waals surface area contributed by atoms with E-state index in [2.05, 4.69) is 19.2 Å². The first-order valence-electron chi connectivity index (χ1n) is 6.90. The highest BCUT2D eigenvalue weighted by molar-refractivity contribution is 6.32. The summed E-state index contributed by atoms with van der Waals surface area (Å²) < 4.78 is 24.1. The van der Waals surface area contributed by atoms with Crippen molar-refractivity contribution in [2.75, 3.05) is 6.54 Å². The summed E-state index contributed by atoms with van der Waals surface area (Å²) in [7, 11) is 0. The maximum absolute atomic E-state index is 12.9. The Hall–Kier alpha value is -1.52. The quantitative estimate of drug-likeness (QED) is 0.823. The number of hydrogen-bond donors (Lipinski definition) is 1. The lowest BCUT2D eigenvalue weighted by Gasteiger charge is -2.07. The van der Waals surface area contributed by atoms with Crippen molar-refractivity contribution in [3.05, 3.63) is 52.7 Å². The number of nitrogens with one attached hydrogen (secondary N) is 1. The van der Waals surface area contributed by atoms with Gasteiger partial charge in [-0.05, 0) is 42.8 Å². The van der Waals surface area contributed by atoms with Crippen molar-refractivity contribution in [1.82, 2.24) is 5.32 Å². The second-order valence-electron chi connectivity index (χ2n) is 5.26. The maximum Gasteiger partial charge on any atom is 0.146 e. The van der Waals surface area contributed by atoms with Gasteiger partial charge in [-0.3, -0.25) is 0 Å². The van der Waals surface area contributed by atoms with E-state index < -0.39 is 0 Å². The van der Waals surface area contributed by atoms with Crippen molar-refractivity contribution >= 4 is 11.6 Å². The van der Waals surface area contributed by atoms with Gasteiger partial charge in [0.05, 0.1) is 11.6 Å². The zero-order valence-corrected chi connectivity index (χ0v) is 12.9. The molecule has 1 aromatic heterocycles. The van der Waals surface area contributed by atoms with Crippen LogP contribution in [0.4, 0.5) is 4.39 Å². The fourth-order valence-corrected chi connectivity index (χ4v) is 2.04. The molecule has 0 amide bonds. The Bertz CT molecular complexity index is 583. The van der Waals surface area contributed by atoms with Gasteiger partial charge in [-0.25, -0.2) is 4.39 Å². The van der Waals surface area contributed by atoms with Crippen LogP contribution >= 0.6 is 11.6 Å². The van der Waals surface area contributed by atoms with Crippen molar-refractivity contribution in [2.24, 2.45) is 5.92 Å². The van der Waals surface area contributed by atoms with Crippen LogP contribution in [0.15, 0.2) is 34.7 Å². The molecule has 0 aliphatic rings. The third-order valence-electron chi connectivity index (χ3n) is 2.83. The van der Waals surface area contributed by atoms with E-state index in [1.165, 1.54) is 18.2 Å². The minimum Gasteiger partial charge on any atom is -0.484 e. The number of rotatable bonds is 7. The summed E-state index contributed by atoms with van der Waals surface area (Å²) in [6.07, 6.45) is 0. The van der Waals surface area contributed by atoms with Crippen LogP contribution in [0.2, 0.25) is 5.02 Å². The van der Waals surface area contributed by atoms with Crippen LogP contribution in [-0.4, -0.2) is 6.54 Å². The summed E-state index contributed by atoms with van der Waals surface area (Å²) in [5.74, 6) is 2.22. The summed E-state index contributed by atoms with van der Waals surface area (Å²) >= 11 is 5.89. The predicted molar refractivity (Wildman–Crippen MR) is 81.0 cm³/mol. The number of furan rings is 1. The lowest BCUT2D eigenvalue weighted by molar-refractivity contribution is 0.264. The van der Waals surface area contributed by atoms with Crippen LogP contribution in [0.1, 0.15) is 25.4 Å². The first kappa shape index (κ1) is 15.9. The van der Waals surface area contributed by atoms with Gasteiger partial charge in [-0.15, -0.1) is 0 Å². The highest BCUT2D eigenvalue weighted by Gasteiger charge is 2.06. The Kier molecular flexibility index (Phi) is 5.65. The van der Waals surface area contributed by atoms with Crippen LogP contribution in [-0.2, 0) is 13.2 Å². The molecule has 0 aliphatic carbocycles. The first-order valence-corrected chi connectivity index (χ1v) is 7.28. The molecule has 2 aromatic rings. The molecule has 3 nitrogen and oxygen atoms in total. The molecular weight excluding hydrogens is 293 g/mol. The molecule has 1 heterocycles. The smallest absolute Gasteiger partial charge is 0.146 e. The first-order chi connectivity index (χ1) is 10.0. The molecule has 0 aliphatic heterocycles. The lowest BCUT2D eigenvalue weighted by Crippen LogP contribution is -2.18. The zero-order valence-electron chi connectivity index (χ0n) is 12.2. The van der Waals surface area contributed by atoms with Crippen molar-refractivity contribution in [1.29, 1.82) is 0 Å². The fourth-order valence-electron chi connectivity index (χ4n) is 1.82. The minimum atomic E-state index is -0.385. The SMILES string of the molecule is CC(C)CNCc1ccc(COc2ccc(F)cc2Cl)o1. The summed E-state index contributed by atoms with van der Waals surface area (Å²) in [4.78, 5) is 0. The molecule has 1 N–H and O–H groups in total. The van der Waals surface area contributed by atoms with Crippen molar-refractivity contribution in [3.8, 4) is 5.75 Å². The highest BCUT2D eigenvalue weighted by atomic mass is 35.5. The van der Waals surface area contributed by atoms with E-state index in [-0.39, 0.29) is 17.4 Å². The molecule has 0 atom stereocenters. The van der Waals surface area contributed by atoms with E-state index in [0.29, 0.717) is 24.0 Å².